The van der Waals surface area contributed by atoms with Gasteiger partial charge in [-0.3, -0.25) is 19.7 Å². The molecule has 3 aromatic carbocycles. The van der Waals surface area contributed by atoms with Gasteiger partial charge in [0.05, 0.1) is 22.2 Å². The summed E-state index contributed by atoms with van der Waals surface area (Å²) in [6, 6.07) is 5.43. The number of aryl methyl sites for hydroxylation is 2. The molecule has 0 fully saturated rings. The summed E-state index contributed by atoms with van der Waals surface area (Å²) in [5, 5.41) is 15.3. The summed E-state index contributed by atoms with van der Waals surface area (Å²) in [4.78, 5) is 35.4. The highest BCUT2D eigenvalue weighted by atomic mass is 19.4. The van der Waals surface area contributed by atoms with Gasteiger partial charge >= 0.3 is 18.0 Å². The van der Waals surface area contributed by atoms with Crippen LogP contribution in [0.2, 0.25) is 0 Å². The highest BCUT2D eigenvalue weighted by Gasteiger charge is 2.73. The van der Waals surface area contributed by atoms with E-state index in [1.54, 1.807) is 0 Å². The van der Waals surface area contributed by atoms with Crippen molar-refractivity contribution < 1.29 is 54.0 Å². The van der Waals surface area contributed by atoms with Gasteiger partial charge < -0.3 is 10.6 Å². The molecule has 0 bridgehead atoms. The zero-order valence-electron chi connectivity index (χ0n) is 20.6. The molecule has 218 valence electrons. The van der Waals surface area contributed by atoms with Crippen LogP contribution in [0, 0.1) is 35.6 Å². The molecule has 0 aromatic heterocycles. The number of halogens is 9. The predicted octanol–water partition coefficient (Wildman–Crippen LogP) is 7.28. The molecule has 2 N–H and O–H groups in total. The molecule has 0 aliphatic rings. The number of amides is 2. The van der Waals surface area contributed by atoms with Gasteiger partial charge in [0.1, 0.15) is 11.4 Å². The van der Waals surface area contributed by atoms with Crippen LogP contribution in [-0.4, -0.2) is 29.1 Å². The van der Waals surface area contributed by atoms with Crippen molar-refractivity contribution in [2.24, 2.45) is 0 Å². The molecule has 2 amide bonds. The van der Waals surface area contributed by atoms with Crippen molar-refractivity contribution in [2.75, 3.05) is 10.6 Å². The molecule has 0 unspecified atom stereocenters. The SMILES string of the molecule is Cc1cc(C(F)(C(F)(F)F)C(F)(F)F)cc(C)c1NC(=O)c1cccc(NC(=O)c2ccc(F)cc2[N+](=O)[O-])c1F. The van der Waals surface area contributed by atoms with E-state index in [0.29, 0.717) is 6.07 Å². The van der Waals surface area contributed by atoms with Crippen molar-refractivity contribution in [3.8, 4) is 0 Å². The number of nitrogens with zero attached hydrogens (tertiary/aromatic N) is 1. The van der Waals surface area contributed by atoms with Crippen LogP contribution in [0.25, 0.3) is 0 Å². The van der Waals surface area contributed by atoms with Crippen molar-refractivity contribution in [1.29, 1.82) is 0 Å². The van der Waals surface area contributed by atoms with Gasteiger partial charge in [0.25, 0.3) is 17.5 Å². The predicted molar refractivity (Wildman–Crippen MR) is 126 cm³/mol. The summed E-state index contributed by atoms with van der Waals surface area (Å²) in [5.74, 6) is -4.89. The van der Waals surface area contributed by atoms with E-state index in [2.05, 4.69) is 5.32 Å². The van der Waals surface area contributed by atoms with Gasteiger partial charge in [0.2, 0.25) is 0 Å². The maximum absolute atomic E-state index is 15.1. The lowest BCUT2D eigenvalue weighted by Gasteiger charge is -2.31. The summed E-state index contributed by atoms with van der Waals surface area (Å²) in [5.41, 5.74) is -11.7. The fourth-order valence-corrected chi connectivity index (χ4v) is 3.87. The van der Waals surface area contributed by atoms with Crippen LogP contribution in [-0.2, 0) is 5.67 Å². The Kier molecular flexibility index (Phi) is 8.10. The first-order valence-electron chi connectivity index (χ1n) is 11.1. The molecule has 41 heavy (non-hydrogen) atoms. The first-order valence-corrected chi connectivity index (χ1v) is 11.1. The second kappa shape index (κ2) is 10.7. The average Bonchev–Trinajstić information content (AvgIpc) is 2.85. The molecule has 0 saturated carbocycles. The second-order valence-electron chi connectivity index (χ2n) is 8.63. The van der Waals surface area contributed by atoms with Gasteiger partial charge in [-0.25, -0.2) is 13.2 Å². The number of nitro groups is 1. The Balaban J connectivity index is 1.94. The molecule has 0 aliphatic heterocycles. The summed E-state index contributed by atoms with van der Waals surface area (Å²) in [6.07, 6.45) is -12.7. The summed E-state index contributed by atoms with van der Waals surface area (Å²) in [7, 11) is 0. The van der Waals surface area contributed by atoms with E-state index >= 15 is 4.39 Å². The molecule has 0 atom stereocenters. The zero-order chi connectivity index (χ0) is 31.1. The van der Waals surface area contributed by atoms with Crippen molar-refractivity contribution >= 4 is 28.9 Å². The van der Waals surface area contributed by atoms with Gasteiger partial charge in [-0.15, -0.1) is 0 Å². The van der Waals surface area contributed by atoms with Crippen molar-refractivity contribution in [1.82, 2.24) is 0 Å². The van der Waals surface area contributed by atoms with Crippen LogP contribution in [0.5, 0.6) is 0 Å². The third kappa shape index (κ3) is 5.81. The fraction of sp³-hybridized carbons (Fsp3) is 0.200. The van der Waals surface area contributed by atoms with Crippen LogP contribution in [0.1, 0.15) is 37.4 Å². The fourth-order valence-electron chi connectivity index (χ4n) is 3.87. The molecule has 0 spiro atoms. The summed E-state index contributed by atoms with van der Waals surface area (Å²) < 4.78 is 122. The Morgan fingerprint density at radius 3 is 1.83 bits per heavy atom. The quantitative estimate of drug-likeness (QED) is 0.178. The Labute approximate surface area is 224 Å². The van der Waals surface area contributed by atoms with Gasteiger partial charge in [-0.05, 0) is 49.2 Å². The Bertz CT molecular complexity index is 1520. The molecule has 0 heterocycles. The number of rotatable bonds is 6. The van der Waals surface area contributed by atoms with Gasteiger partial charge in [0, 0.05) is 11.3 Å². The monoisotopic (exact) mass is 593 g/mol. The molecule has 16 heteroatoms. The molecular weight excluding hydrogens is 577 g/mol. The number of nitrogens with one attached hydrogen (secondary N) is 2. The number of carbonyl (C=O) groups excluding carboxylic acids is 2. The first kappa shape index (κ1) is 30.9. The number of hydrogen-bond acceptors (Lipinski definition) is 4. The van der Waals surface area contributed by atoms with Crippen LogP contribution < -0.4 is 10.6 Å². The minimum Gasteiger partial charge on any atom is -0.321 e. The number of carbonyl (C=O) groups is 2. The second-order valence-corrected chi connectivity index (χ2v) is 8.63. The van der Waals surface area contributed by atoms with E-state index in [9.17, 15) is 54.8 Å². The average molecular weight is 593 g/mol. The van der Waals surface area contributed by atoms with Crippen molar-refractivity contribution in [2.45, 2.75) is 31.9 Å². The third-order valence-electron chi connectivity index (χ3n) is 5.84. The summed E-state index contributed by atoms with van der Waals surface area (Å²) >= 11 is 0. The number of anilines is 2. The van der Waals surface area contributed by atoms with Crippen LogP contribution in [0.15, 0.2) is 48.5 Å². The maximum atomic E-state index is 15.1. The number of alkyl halides is 7. The lowest BCUT2D eigenvalue weighted by atomic mass is 9.90. The molecule has 3 rings (SSSR count). The lowest BCUT2D eigenvalue weighted by Crippen LogP contribution is -2.50. The third-order valence-corrected chi connectivity index (χ3v) is 5.84. The van der Waals surface area contributed by atoms with Crippen LogP contribution in [0.3, 0.4) is 0 Å². The van der Waals surface area contributed by atoms with Crippen LogP contribution in [0.4, 0.5) is 56.6 Å². The van der Waals surface area contributed by atoms with Gasteiger partial charge in [-0.1, -0.05) is 18.2 Å². The van der Waals surface area contributed by atoms with E-state index in [1.165, 1.54) is 0 Å². The van der Waals surface area contributed by atoms with Gasteiger partial charge in [0.15, 0.2) is 5.82 Å². The molecule has 3 aromatic rings. The van der Waals surface area contributed by atoms with Crippen molar-refractivity contribution in [3.63, 3.8) is 0 Å². The van der Waals surface area contributed by atoms with E-state index < -0.39 is 85.6 Å². The van der Waals surface area contributed by atoms with Crippen LogP contribution >= 0.6 is 0 Å². The molecule has 0 saturated heterocycles. The standard InChI is InChI=1S/C25H16F9N3O4/c1-11-8-13(23(28,24(29,30)31)25(32,33)34)9-12(2)20(11)36-22(39)16-4-3-5-17(19(16)27)35-21(38)15-7-6-14(26)10-18(15)37(40)41/h3-10H,1-2H3,(H,35,38)(H,36,39). The van der Waals surface area contributed by atoms with Gasteiger partial charge in [-0.2, -0.15) is 26.3 Å². The first-order chi connectivity index (χ1) is 18.8. The minimum absolute atomic E-state index is 0.242. The zero-order valence-corrected chi connectivity index (χ0v) is 20.6. The van der Waals surface area contributed by atoms with E-state index in [1.807, 2.05) is 5.32 Å². The molecular formula is C25H16F9N3O4. The maximum Gasteiger partial charge on any atom is 0.435 e. The lowest BCUT2D eigenvalue weighted by molar-refractivity contribution is -0.385. The molecule has 0 radical (unpaired) electrons. The minimum atomic E-state index is -6.36. The number of benzene rings is 3. The highest BCUT2D eigenvalue weighted by molar-refractivity contribution is 6.09. The topological polar surface area (TPSA) is 101 Å². The number of hydrogen-bond donors (Lipinski definition) is 2. The van der Waals surface area contributed by atoms with E-state index in [4.69, 9.17) is 0 Å². The normalized spacial score (nSPS) is 12.2. The van der Waals surface area contributed by atoms with Crippen molar-refractivity contribution in [3.05, 3.63) is 98.1 Å². The molecule has 0 aliphatic carbocycles. The Hall–Kier alpha value is -4.63. The largest absolute Gasteiger partial charge is 0.435 e. The smallest absolute Gasteiger partial charge is 0.321 e. The highest BCUT2D eigenvalue weighted by Crippen LogP contribution is 2.53. The Morgan fingerprint density at radius 1 is 0.780 bits per heavy atom. The Morgan fingerprint density at radius 2 is 1.32 bits per heavy atom. The van der Waals surface area contributed by atoms with E-state index in [-0.39, 0.29) is 17.8 Å². The van der Waals surface area contributed by atoms with E-state index in [0.717, 1.165) is 44.2 Å². The summed E-state index contributed by atoms with van der Waals surface area (Å²) in [6.45, 7) is 1.98. The molecule has 7 nitrogen and oxygen atoms in total. The number of nitro benzene ring substituents is 1.